The first kappa shape index (κ1) is 24.8. The van der Waals surface area contributed by atoms with Crippen molar-refractivity contribution in [2.75, 3.05) is 19.7 Å². The molecule has 11 heteroatoms. The number of carboxylic acid groups (broad SMARTS) is 1. The van der Waals surface area contributed by atoms with Gasteiger partial charge >= 0.3 is 5.97 Å². The lowest BCUT2D eigenvalue weighted by atomic mass is 10.0. The van der Waals surface area contributed by atoms with Crippen molar-refractivity contribution in [2.24, 2.45) is 17.4 Å². The normalized spacial score (nSPS) is 14.1. The Labute approximate surface area is 158 Å². The highest BCUT2D eigenvalue weighted by atomic mass is 16.4. The van der Waals surface area contributed by atoms with E-state index in [1.54, 1.807) is 13.8 Å². The van der Waals surface area contributed by atoms with Crippen molar-refractivity contribution in [3.8, 4) is 0 Å². The predicted octanol–water partition coefficient (Wildman–Crippen LogP) is -2.74. The summed E-state index contributed by atoms with van der Waals surface area (Å²) in [5.41, 5.74) is 11.2. The van der Waals surface area contributed by atoms with Gasteiger partial charge in [0.1, 0.15) is 12.1 Å². The van der Waals surface area contributed by atoms with Gasteiger partial charge in [0.05, 0.1) is 19.2 Å². The van der Waals surface area contributed by atoms with Crippen LogP contribution in [-0.2, 0) is 19.2 Å². The number of amides is 3. The number of rotatable bonds is 13. The van der Waals surface area contributed by atoms with Gasteiger partial charge in [-0.25, -0.2) is 4.79 Å². The molecule has 0 heterocycles. The average molecular weight is 389 g/mol. The quantitative estimate of drug-likeness (QED) is 0.165. The van der Waals surface area contributed by atoms with Crippen LogP contribution in [0.5, 0.6) is 0 Å². The summed E-state index contributed by atoms with van der Waals surface area (Å²) < 4.78 is 0. The van der Waals surface area contributed by atoms with Crippen molar-refractivity contribution >= 4 is 23.7 Å². The first-order valence-corrected chi connectivity index (χ1v) is 8.80. The summed E-state index contributed by atoms with van der Waals surface area (Å²) in [6, 6.07) is -3.13. The zero-order chi connectivity index (χ0) is 21.0. The van der Waals surface area contributed by atoms with Gasteiger partial charge in [0.2, 0.25) is 17.7 Å². The number of hydrogen-bond acceptors (Lipinski definition) is 7. The van der Waals surface area contributed by atoms with E-state index in [1.165, 1.54) is 0 Å². The Morgan fingerprint density at radius 1 is 1.04 bits per heavy atom. The summed E-state index contributed by atoms with van der Waals surface area (Å²) in [7, 11) is 0. The van der Waals surface area contributed by atoms with Crippen molar-refractivity contribution in [3.63, 3.8) is 0 Å². The van der Waals surface area contributed by atoms with Gasteiger partial charge in [-0.1, -0.05) is 20.3 Å². The maximum atomic E-state index is 12.3. The molecule has 0 aromatic heterocycles. The number of unbranched alkanes of at least 4 members (excludes halogenated alkanes) is 1. The van der Waals surface area contributed by atoms with E-state index < -0.39 is 55.0 Å². The summed E-state index contributed by atoms with van der Waals surface area (Å²) >= 11 is 0. The number of nitrogens with two attached hydrogens (primary N) is 2. The van der Waals surface area contributed by atoms with Gasteiger partial charge in [-0.2, -0.15) is 0 Å². The molecule has 0 aromatic rings. The molecule has 3 atom stereocenters. The lowest BCUT2D eigenvalue weighted by Crippen LogP contribution is -2.55. The molecule has 11 nitrogen and oxygen atoms in total. The lowest BCUT2D eigenvalue weighted by molar-refractivity contribution is -0.142. The minimum atomic E-state index is -1.46. The number of hydrogen-bond donors (Lipinski definition) is 7. The zero-order valence-corrected chi connectivity index (χ0v) is 15.7. The van der Waals surface area contributed by atoms with E-state index in [4.69, 9.17) is 21.7 Å². The zero-order valence-electron chi connectivity index (χ0n) is 15.7. The van der Waals surface area contributed by atoms with Crippen LogP contribution in [0.15, 0.2) is 0 Å². The van der Waals surface area contributed by atoms with E-state index >= 15 is 0 Å². The maximum Gasteiger partial charge on any atom is 0.328 e. The Bertz CT molecular complexity index is 514. The molecule has 0 saturated heterocycles. The molecular formula is C16H31N5O6. The van der Waals surface area contributed by atoms with E-state index in [9.17, 15) is 19.2 Å². The second kappa shape index (κ2) is 13.0. The molecule has 9 N–H and O–H groups in total. The molecule has 156 valence electrons. The van der Waals surface area contributed by atoms with Gasteiger partial charge in [0.15, 0.2) is 0 Å². The number of aliphatic hydroxyl groups is 1. The summed E-state index contributed by atoms with van der Waals surface area (Å²) in [6.07, 6.45) is 1.88. The maximum absolute atomic E-state index is 12.3. The van der Waals surface area contributed by atoms with Crippen molar-refractivity contribution in [1.29, 1.82) is 0 Å². The standard InChI is InChI=1S/C16H31N5O6/c1-9(2)13(21-14(24)10(18)5-3-4-6-17)15(25)19-7-12(23)20-11(8-22)16(26)27/h9-11,13,22H,3-8,17-18H2,1-2H3,(H,19,25)(H,20,23)(H,21,24)(H,26,27). The van der Waals surface area contributed by atoms with E-state index in [0.29, 0.717) is 19.4 Å². The fraction of sp³-hybridized carbons (Fsp3) is 0.750. The lowest BCUT2D eigenvalue weighted by Gasteiger charge is -2.23. The Kier molecular flexibility index (Phi) is 11.9. The number of carbonyl (C=O) groups excluding carboxylic acids is 3. The summed E-state index contributed by atoms with van der Waals surface area (Å²) in [5, 5.41) is 24.6. The summed E-state index contributed by atoms with van der Waals surface area (Å²) in [6.45, 7) is 2.67. The van der Waals surface area contributed by atoms with Crippen LogP contribution in [0, 0.1) is 5.92 Å². The topological polar surface area (TPSA) is 197 Å². The van der Waals surface area contributed by atoms with Crippen molar-refractivity contribution in [1.82, 2.24) is 16.0 Å². The molecule has 3 amide bonds. The van der Waals surface area contributed by atoms with Gasteiger partial charge < -0.3 is 37.6 Å². The van der Waals surface area contributed by atoms with Crippen molar-refractivity contribution < 1.29 is 29.4 Å². The second-order valence-corrected chi connectivity index (χ2v) is 6.48. The van der Waals surface area contributed by atoms with Crippen LogP contribution < -0.4 is 27.4 Å². The van der Waals surface area contributed by atoms with Crippen LogP contribution in [-0.4, -0.2) is 71.7 Å². The molecule has 0 radical (unpaired) electrons. The first-order chi connectivity index (χ1) is 12.6. The molecule has 27 heavy (non-hydrogen) atoms. The van der Waals surface area contributed by atoms with E-state index in [0.717, 1.165) is 6.42 Å². The van der Waals surface area contributed by atoms with Crippen LogP contribution in [0.4, 0.5) is 0 Å². The van der Waals surface area contributed by atoms with Crippen molar-refractivity contribution in [3.05, 3.63) is 0 Å². The third kappa shape index (κ3) is 9.87. The number of nitrogens with one attached hydrogen (secondary N) is 3. The van der Waals surface area contributed by atoms with Gasteiger partial charge in [-0.3, -0.25) is 14.4 Å². The molecule has 0 aliphatic heterocycles. The minimum Gasteiger partial charge on any atom is -0.480 e. The Balaban J connectivity index is 4.60. The van der Waals surface area contributed by atoms with Crippen LogP contribution in [0.1, 0.15) is 33.1 Å². The Morgan fingerprint density at radius 3 is 2.15 bits per heavy atom. The third-order valence-electron chi connectivity index (χ3n) is 3.79. The number of carboxylic acids is 1. The minimum absolute atomic E-state index is 0.266. The fourth-order valence-corrected chi connectivity index (χ4v) is 2.14. The summed E-state index contributed by atoms with van der Waals surface area (Å²) in [5.74, 6) is -3.52. The van der Waals surface area contributed by atoms with Crippen LogP contribution in [0.2, 0.25) is 0 Å². The fourth-order valence-electron chi connectivity index (χ4n) is 2.14. The molecule has 0 aromatic carbocycles. The molecule has 0 rings (SSSR count). The van der Waals surface area contributed by atoms with Crippen LogP contribution in [0.3, 0.4) is 0 Å². The van der Waals surface area contributed by atoms with Gasteiger partial charge in [-0.05, 0) is 25.3 Å². The number of carbonyl (C=O) groups is 4. The second-order valence-electron chi connectivity index (χ2n) is 6.48. The summed E-state index contributed by atoms with van der Waals surface area (Å²) in [4.78, 5) is 46.8. The highest BCUT2D eigenvalue weighted by Crippen LogP contribution is 2.04. The monoisotopic (exact) mass is 389 g/mol. The van der Waals surface area contributed by atoms with E-state index in [1.807, 2.05) is 0 Å². The van der Waals surface area contributed by atoms with E-state index in [2.05, 4.69) is 16.0 Å². The molecule has 0 bridgehead atoms. The highest BCUT2D eigenvalue weighted by Gasteiger charge is 2.27. The highest BCUT2D eigenvalue weighted by molar-refractivity contribution is 5.92. The molecule has 0 fully saturated rings. The average Bonchev–Trinajstić information content (AvgIpc) is 2.61. The van der Waals surface area contributed by atoms with Gasteiger partial charge in [-0.15, -0.1) is 0 Å². The van der Waals surface area contributed by atoms with Crippen LogP contribution in [0.25, 0.3) is 0 Å². The molecular weight excluding hydrogens is 358 g/mol. The van der Waals surface area contributed by atoms with Crippen LogP contribution >= 0.6 is 0 Å². The Hall–Kier alpha value is -2.24. The SMILES string of the molecule is CC(C)C(NC(=O)C(N)CCCCN)C(=O)NCC(=O)NC(CO)C(=O)O. The molecule has 0 spiro atoms. The largest absolute Gasteiger partial charge is 0.480 e. The molecule has 0 aliphatic carbocycles. The third-order valence-corrected chi connectivity index (χ3v) is 3.79. The molecule has 0 aliphatic rings. The smallest absolute Gasteiger partial charge is 0.328 e. The van der Waals surface area contributed by atoms with Gasteiger partial charge in [0, 0.05) is 0 Å². The van der Waals surface area contributed by atoms with Gasteiger partial charge in [0.25, 0.3) is 0 Å². The number of aliphatic carboxylic acids is 1. The molecule has 3 unspecified atom stereocenters. The van der Waals surface area contributed by atoms with Crippen molar-refractivity contribution in [2.45, 2.75) is 51.2 Å². The number of aliphatic hydroxyl groups excluding tert-OH is 1. The predicted molar refractivity (Wildman–Crippen MR) is 97.3 cm³/mol. The van der Waals surface area contributed by atoms with E-state index in [-0.39, 0.29) is 5.92 Å². The molecule has 0 saturated carbocycles. The first-order valence-electron chi connectivity index (χ1n) is 8.80. The Morgan fingerprint density at radius 2 is 1.67 bits per heavy atom.